The van der Waals surface area contributed by atoms with Gasteiger partial charge in [0.2, 0.25) is 0 Å². The van der Waals surface area contributed by atoms with Crippen LogP contribution in [0.2, 0.25) is 0 Å². The molecule has 0 aromatic carbocycles. The maximum absolute atomic E-state index is 4.47. The minimum atomic E-state index is 0.346. The number of rotatable bonds is 6. The first-order valence-corrected chi connectivity index (χ1v) is 7.85. The van der Waals surface area contributed by atoms with Gasteiger partial charge in [-0.25, -0.2) is 9.97 Å². The molecule has 0 aliphatic heterocycles. The molecule has 1 unspecified atom stereocenters. The van der Waals surface area contributed by atoms with Crippen LogP contribution >= 0.6 is 0 Å². The highest BCUT2D eigenvalue weighted by atomic mass is 15.0. The van der Waals surface area contributed by atoms with E-state index in [4.69, 9.17) is 0 Å². The number of hydrogen-bond donors (Lipinski definition) is 1. The molecule has 1 aliphatic carbocycles. The molecule has 3 heteroatoms. The molecule has 3 nitrogen and oxygen atoms in total. The van der Waals surface area contributed by atoms with Crippen molar-refractivity contribution < 1.29 is 0 Å². The van der Waals surface area contributed by atoms with Crippen molar-refractivity contribution in [2.24, 2.45) is 11.8 Å². The molecule has 1 saturated carbocycles. The maximum atomic E-state index is 4.47. The van der Waals surface area contributed by atoms with Crippen molar-refractivity contribution in [3.63, 3.8) is 0 Å². The molecule has 0 radical (unpaired) electrons. The second-order valence-corrected chi connectivity index (χ2v) is 5.73. The van der Waals surface area contributed by atoms with Crippen LogP contribution in [0.5, 0.6) is 0 Å². The smallest absolute Gasteiger partial charge is 0.145 e. The van der Waals surface area contributed by atoms with E-state index in [-0.39, 0.29) is 0 Å². The van der Waals surface area contributed by atoms with E-state index >= 15 is 0 Å². The van der Waals surface area contributed by atoms with Gasteiger partial charge >= 0.3 is 0 Å². The van der Waals surface area contributed by atoms with E-state index in [0.29, 0.717) is 12.0 Å². The minimum Gasteiger partial charge on any atom is -0.307 e. The van der Waals surface area contributed by atoms with E-state index in [9.17, 15) is 0 Å². The van der Waals surface area contributed by atoms with Gasteiger partial charge in [0.25, 0.3) is 0 Å². The summed E-state index contributed by atoms with van der Waals surface area (Å²) in [4.78, 5) is 8.95. The summed E-state index contributed by atoms with van der Waals surface area (Å²) in [5.74, 6) is 2.63. The van der Waals surface area contributed by atoms with Crippen molar-refractivity contribution in [2.45, 2.75) is 58.4 Å². The van der Waals surface area contributed by atoms with E-state index in [0.717, 1.165) is 24.7 Å². The average Bonchev–Trinajstić information content (AvgIpc) is 2.49. The summed E-state index contributed by atoms with van der Waals surface area (Å²) in [6, 6.07) is 2.24. The number of nitrogens with one attached hydrogen (secondary N) is 1. The Kier molecular flexibility index (Phi) is 5.77. The predicted molar refractivity (Wildman–Crippen MR) is 78.8 cm³/mol. The quantitative estimate of drug-likeness (QED) is 0.848. The molecular formula is C16H27N3. The third kappa shape index (κ3) is 4.00. The Hall–Kier alpha value is -0.960. The highest BCUT2D eigenvalue weighted by Crippen LogP contribution is 2.36. The molecule has 1 aromatic rings. The SMILES string of the molecule is CCCNC(c1ncccn1)C1CCC(CC)CC1. The fourth-order valence-electron chi connectivity index (χ4n) is 3.17. The third-order valence-corrected chi connectivity index (χ3v) is 4.42. The molecule has 19 heavy (non-hydrogen) atoms. The van der Waals surface area contributed by atoms with Crippen LogP contribution < -0.4 is 5.32 Å². The van der Waals surface area contributed by atoms with Gasteiger partial charge in [-0.3, -0.25) is 0 Å². The molecule has 1 N–H and O–H groups in total. The Morgan fingerprint density at radius 2 is 1.84 bits per heavy atom. The molecule has 1 aliphatic rings. The molecule has 1 aromatic heterocycles. The molecule has 2 rings (SSSR count). The Morgan fingerprint density at radius 1 is 1.16 bits per heavy atom. The van der Waals surface area contributed by atoms with E-state index in [2.05, 4.69) is 29.1 Å². The van der Waals surface area contributed by atoms with Crippen molar-refractivity contribution in [3.05, 3.63) is 24.3 Å². The van der Waals surface area contributed by atoms with Crippen LogP contribution in [0.3, 0.4) is 0 Å². The van der Waals surface area contributed by atoms with Gasteiger partial charge in [0.15, 0.2) is 0 Å². The van der Waals surface area contributed by atoms with E-state index in [1.807, 2.05) is 18.5 Å². The fraction of sp³-hybridized carbons (Fsp3) is 0.750. The lowest BCUT2D eigenvalue weighted by atomic mass is 9.77. The second kappa shape index (κ2) is 7.59. The van der Waals surface area contributed by atoms with Gasteiger partial charge in [-0.1, -0.05) is 33.1 Å². The maximum Gasteiger partial charge on any atom is 0.145 e. The van der Waals surface area contributed by atoms with Crippen LogP contribution in [-0.2, 0) is 0 Å². The summed E-state index contributed by atoms with van der Waals surface area (Å²) in [7, 11) is 0. The number of nitrogens with zero attached hydrogens (tertiary/aromatic N) is 2. The van der Waals surface area contributed by atoms with Crippen molar-refractivity contribution in [1.82, 2.24) is 15.3 Å². The van der Waals surface area contributed by atoms with Gasteiger partial charge in [0, 0.05) is 12.4 Å². The van der Waals surface area contributed by atoms with Gasteiger partial charge in [-0.15, -0.1) is 0 Å². The van der Waals surface area contributed by atoms with E-state index < -0.39 is 0 Å². The van der Waals surface area contributed by atoms with E-state index in [1.54, 1.807) is 0 Å². The molecule has 0 amide bonds. The summed E-state index contributed by atoms with van der Waals surface area (Å²) < 4.78 is 0. The van der Waals surface area contributed by atoms with Crippen LogP contribution in [0, 0.1) is 11.8 Å². The van der Waals surface area contributed by atoms with Gasteiger partial charge in [0.1, 0.15) is 5.82 Å². The molecule has 1 fully saturated rings. The second-order valence-electron chi connectivity index (χ2n) is 5.73. The largest absolute Gasteiger partial charge is 0.307 e. The lowest BCUT2D eigenvalue weighted by Crippen LogP contribution is -2.32. The van der Waals surface area contributed by atoms with Crippen LogP contribution in [0.25, 0.3) is 0 Å². The molecule has 0 spiro atoms. The van der Waals surface area contributed by atoms with Crippen molar-refractivity contribution in [2.75, 3.05) is 6.54 Å². The predicted octanol–water partition coefficient (Wildman–Crippen LogP) is 3.73. The normalized spacial score (nSPS) is 25.2. The minimum absolute atomic E-state index is 0.346. The summed E-state index contributed by atoms with van der Waals surface area (Å²) >= 11 is 0. The van der Waals surface area contributed by atoms with E-state index in [1.165, 1.54) is 32.1 Å². The highest BCUT2D eigenvalue weighted by molar-refractivity contribution is 4.99. The summed E-state index contributed by atoms with van der Waals surface area (Å²) in [6.45, 7) is 5.58. The van der Waals surface area contributed by atoms with Gasteiger partial charge in [-0.05, 0) is 43.7 Å². The highest BCUT2D eigenvalue weighted by Gasteiger charge is 2.29. The summed E-state index contributed by atoms with van der Waals surface area (Å²) in [5.41, 5.74) is 0. The lowest BCUT2D eigenvalue weighted by Gasteiger charge is -2.33. The Labute approximate surface area is 117 Å². The van der Waals surface area contributed by atoms with Gasteiger partial charge in [0.05, 0.1) is 6.04 Å². The Bertz CT molecular complexity index is 344. The van der Waals surface area contributed by atoms with Crippen LogP contribution in [0.1, 0.15) is 64.2 Å². The average molecular weight is 261 g/mol. The standard InChI is InChI=1S/C16H27N3/c1-3-10-17-15(16-18-11-5-12-19-16)14-8-6-13(4-2)7-9-14/h5,11-15,17H,3-4,6-10H2,1-2H3. The zero-order chi connectivity index (χ0) is 13.5. The zero-order valence-corrected chi connectivity index (χ0v) is 12.3. The number of aromatic nitrogens is 2. The Balaban J connectivity index is 2.02. The van der Waals surface area contributed by atoms with Crippen molar-refractivity contribution in [3.8, 4) is 0 Å². The molecule has 0 saturated heterocycles. The summed E-state index contributed by atoms with van der Waals surface area (Å²) in [6.07, 6.45) is 11.6. The summed E-state index contributed by atoms with van der Waals surface area (Å²) in [5, 5.41) is 3.66. The molecule has 1 heterocycles. The van der Waals surface area contributed by atoms with Crippen LogP contribution in [-0.4, -0.2) is 16.5 Å². The molecular weight excluding hydrogens is 234 g/mol. The molecule has 1 atom stereocenters. The van der Waals surface area contributed by atoms with Crippen molar-refractivity contribution in [1.29, 1.82) is 0 Å². The third-order valence-electron chi connectivity index (χ3n) is 4.42. The molecule has 106 valence electrons. The zero-order valence-electron chi connectivity index (χ0n) is 12.3. The van der Waals surface area contributed by atoms with Crippen LogP contribution in [0.15, 0.2) is 18.5 Å². The van der Waals surface area contributed by atoms with Gasteiger partial charge < -0.3 is 5.32 Å². The van der Waals surface area contributed by atoms with Crippen LogP contribution in [0.4, 0.5) is 0 Å². The first-order chi connectivity index (χ1) is 9.35. The van der Waals surface area contributed by atoms with Crippen molar-refractivity contribution >= 4 is 0 Å². The first-order valence-electron chi connectivity index (χ1n) is 7.85. The molecule has 0 bridgehead atoms. The topological polar surface area (TPSA) is 37.8 Å². The Morgan fingerprint density at radius 3 is 2.42 bits per heavy atom. The van der Waals surface area contributed by atoms with Gasteiger partial charge in [-0.2, -0.15) is 0 Å². The fourth-order valence-corrected chi connectivity index (χ4v) is 3.17. The lowest BCUT2D eigenvalue weighted by molar-refractivity contribution is 0.213. The monoisotopic (exact) mass is 261 g/mol. The first kappa shape index (κ1) is 14.4. The number of hydrogen-bond acceptors (Lipinski definition) is 3.